The summed E-state index contributed by atoms with van der Waals surface area (Å²) in [6, 6.07) is 7.91. The summed E-state index contributed by atoms with van der Waals surface area (Å²) in [7, 11) is 0. The first-order valence-electron chi connectivity index (χ1n) is 5.61. The standard InChI is InChI=1S/C12H14N2OS/c1-2-4-11-10(3-1)14-12(15-11)16-8-9-5-6-13-7-9/h1-4,9,13H,5-8H2/t9-/m1/s1. The molecule has 2 heterocycles. The van der Waals surface area contributed by atoms with Gasteiger partial charge < -0.3 is 9.73 Å². The van der Waals surface area contributed by atoms with Crippen molar-refractivity contribution in [2.24, 2.45) is 5.92 Å². The lowest BCUT2D eigenvalue weighted by molar-refractivity contribution is 0.488. The Morgan fingerprint density at radius 2 is 2.38 bits per heavy atom. The van der Waals surface area contributed by atoms with Crippen LogP contribution in [0.2, 0.25) is 0 Å². The van der Waals surface area contributed by atoms with Crippen molar-refractivity contribution in [1.82, 2.24) is 10.3 Å². The Labute approximate surface area is 98.6 Å². The molecular weight excluding hydrogens is 220 g/mol. The lowest BCUT2D eigenvalue weighted by Crippen LogP contribution is -2.10. The van der Waals surface area contributed by atoms with Crippen LogP contribution in [0.3, 0.4) is 0 Å². The second kappa shape index (κ2) is 4.47. The van der Waals surface area contributed by atoms with Crippen LogP contribution < -0.4 is 5.32 Å². The molecule has 1 fully saturated rings. The van der Waals surface area contributed by atoms with Crippen molar-refractivity contribution in [2.45, 2.75) is 11.6 Å². The van der Waals surface area contributed by atoms with Crippen molar-refractivity contribution in [2.75, 3.05) is 18.8 Å². The maximum absolute atomic E-state index is 5.66. The summed E-state index contributed by atoms with van der Waals surface area (Å²) in [4.78, 5) is 4.45. The molecule has 3 rings (SSSR count). The molecule has 0 spiro atoms. The molecule has 1 aromatic heterocycles. The predicted octanol–water partition coefficient (Wildman–Crippen LogP) is 2.53. The van der Waals surface area contributed by atoms with E-state index >= 15 is 0 Å². The molecule has 0 saturated carbocycles. The van der Waals surface area contributed by atoms with Gasteiger partial charge in [0.2, 0.25) is 0 Å². The van der Waals surface area contributed by atoms with Gasteiger partial charge in [0, 0.05) is 5.75 Å². The fourth-order valence-electron chi connectivity index (χ4n) is 1.96. The molecule has 1 aliphatic rings. The fraction of sp³-hybridized carbons (Fsp3) is 0.417. The summed E-state index contributed by atoms with van der Waals surface area (Å²) in [5, 5.41) is 4.17. The van der Waals surface area contributed by atoms with Gasteiger partial charge in [0.25, 0.3) is 5.22 Å². The van der Waals surface area contributed by atoms with E-state index in [-0.39, 0.29) is 0 Å². The maximum atomic E-state index is 5.66. The van der Waals surface area contributed by atoms with Gasteiger partial charge in [-0.1, -0.05) is 23.9 Å². The molecule has 16 heavy (non-hydrogen) atoms. The SMILES string of the molecule is c1ccc2oc(SC[C@@H]3CCNC3)nc2c1. The molecule has 0 bridgehead atoms. The van der Waals surface area contributed by atoms with Crippen molar-refractivity contribution < 1.29 is 4.42 Å². The molecular formula is C12H14N2OS. The highest BCUT2D eigenvalue weighted by Gasteiger charge is 2.16. The number of rotatable bonds is 3. The summed E-state index contributed by atoms with van der Waals surface area (Å²) < 4.78 is 5.66. The minimum atomic E-state index is 0.764. The van der Waals surface area contributed by atoms with Gasteiger partial charge in [0.1, 0.15) is 5.52 Å². The van der Waals surface area contributed by atoms with Crippen molar-refractivity contribution in [3.05, 3.63) is 24.3 Å². The highest BCUT2D eigenvalue weighted by atomic mass is 32.2. The molecule has 1 N–H and O–H groups in total. The zero-order chi connectivity index (χ0) is 10.8. The Bertz CT molecular complexity index is 444. The van der Waals surface area contributed by atoms with Crippen molar-refractivity contribution in [3.8, 4) is 0 Å². The van der Waals surface area contributed by atoms with Crippen LogP contribution in [-0.4, -0.2) is 23.8 Å². The van der Waals surface area contributed by atoms with E-state index in [0.717, 1.165) is 41.1 Å². The molecule has 3 nitrogen and oxygen atoms in total. The molecule has 1 aromatic carbocycles. The largest absolute Gasteiger partial charge is 0.431 e. The molecule has 0 aliphatic carbocycles. The molecule has 4 heteroatoms. The fourth-order valence-corrected chi connectivity index (χ4v) is 2.93. The van der Waals surface area contributed by atoms with Crippen molar-refractivity contribution in [1.29, 1.82) is 0 Å². The Kier molecular flexibility index (Phi) is 2.84. The van der Waals surface area contributed by atoms with Crippen LogP contribution in [0.1, 0.15) is 6.42 Å². The van der Waals surface area contributed by atoms with Gasteiger partial charge in [-0.2, -0.15) is 0 Å². The first-order valence-corrected chi connectivity index (χ1v) is 6.59. The van der Waals surface area contributed by atoms with Gasteiger partial charge in [-0.3, -0.25) is 0 Å². The summed E-state index contributed by atoms with van der Waals surface area (Å²) in [6.07, 6.45) is 1.27. The average molecular weight is 234 g/mol. The van der Waals surface area contributed by atoms with E-state index in [1.165, 1.54) is 6.42 Å². The van der Waals surface area contributed by atoms with E-state index in [2.05, 4.69) is 10.3 Å². The number of fused-ring (bicyclic) bond motifs is 1. The van der Waals surface area contributed by atoms with E-state index in [4.69, 9.17) is 4.42 Å². The number of nitrogens with one attached hydrogen (secondary N) is 1. The van der Waals surface area contributed by atoms with Gasteiger partial charge in [-0.05, 0) is 37.6 Å². The zero-order valence-electron chi connectivity index (χ0n) is 8.98. The Morgan fingerprint density at radius 3 is 3.19 bits per heavy atom. The summed E-state index contributed by atoms with van der Waals surface area (Å²) in [5.74, 6) is 1.86. The highest BCUT2D eigenvalue weighted by Crippen LogP contribution is 2.26. The van der Waals surface area contributed by atoms with Gasteiger partial charge in [0.05, 0.1) is 0 Å². The van der Waals surface area contributed by atoms with E-state index in [9.17, 15) is 0 Å². The van der Waals surface area contributed by atoms with Crippen LogP contribution in [0.15, 0.2) is 33.9 Å². The third-order valence-corrected chi connectivity index (χ3v) is 3.94. The van der Waals surface area contributed by atoms with Crippen LogP contribution in [0.5, 0.6) is 0 Å². The number of thioether (sulfide) groups is 1. The number of para-hydroxylation sites is 2. The van der Waals surface area contributed by atoms with Crippen LogP contribution in [0.25, 0.3) is 11.1 Å². The summed E-state index contributed by atoms with van der Waals surface area (Å²) >= 11 is 1.73. The molecule has 0 unspecified atom stereocenters. The molecule has 1 aliphatic heterocycles. The molecule has 1 saturated heterocycles. The number of aromatic nitrogens is 1. The molecule has 0 amide bonds. The molecule has 2 aromatic rings. The van der Waals surface area contributed by atoms with Crippen LogP contribution >= 0.6 is 11.8 Å². The minimum absolute atomic E-state index is 0.764. The topological polar surface area (TPSA) is 38.1 Å². The number of nitrogens with zero attached hydrogens (tertiary/aromatic N) is 1. The Morgan fingerprint density at radius 1 is 1.44 bits per heavy atom. The summed E-state index contributed by atoms with van der Waals surface area (Å²) in [5.41, 5.74) is 1.84. The number of hydrogen-bond donors (Lipinski definition) is 1. The lowest BCUT2D eigenvalue weighted by atomic mass is 10.2. The van der Waals surface area contributed by atoms with Gasteiger partial charge in [0.15, 0.2) is 5.58 Å². The summed E-state index contributed by atoms with van der Waals surface area (Å²) in [6.45, 7) is 2.28. The molecule has 0 radical (unpaired) electrons. The Balaban J connectivity index is 1.69. The van der Waals surface area contributed by atoms with Crippen LogP contribution in [0.4, 0.5) is 0 Å². The number of benzene rings is 1. The van der Waals surface area contributed by atoms with E-state index in [1.54, 1.807) is 11.8 Å². The van der Waals surface area contributed by atoms with Crippen LogP contribution in [-0.2, 0) is 0 Å². The highest BCUT2D eigenvalue weighted by molar-refractivity contribution is 7.99. The predicted molar refractivity (Wildman–Crippen MR) is 65.7 cm³/mol. The lowest BCUT2D eigenvalue weighted by Gasteiger charge is -2.03. The van der Waals surface area contributed by atoms with E-state index < -0.39 is 0 Å². The first kappa shape index (κ1) is 10.2. The van der Waals surface area contributed by atoms with Crippen LogP contribution in [0, 0.1) is 5.92 Å². The molecule has 84 valence electrons. The van der Waals surface area contributed by atoms with Gasteiger partial charge in [-0.25, -0.2) is 4.98 Å². The van der Waals surface area contributed by atoms with Gasteiger partial charge in [-0.15, -0.1) is 0 Å². The minimum Gasteiger partial charge on any atom is -0.431 e. The number of oxazole rings is 1. The normalized spacial score (nSPS) is 20.6. The number of hydrogen-bond acceptors (Lipinski definition) is 4. The second-order valence-electron chi connectivity index (χ2n) is 4.12. The average Bonchev–Trinajstić information content (AvgIpc) is 2.95. The third kappa shape index (κ3) is 2.08. The van der Waals surface area contributed by atoms with E-state index in [0.29, 0.717) is 0 Å². The first-order chi connectivity index (χ1) is 7.92. The second-order valence-corrected chi connectivity index (χ2v) is 5.09. The smallest absolute Gasteiger partial charge is 0.256 e. The van der Waals surface area contributed by atoms with Gasteiger partial charge >= 0.3 is 0 Å². The van der Waals surface area contributed by atoms with Crippen molar-refractivity contribution >= 4 is 22.9 Å². The third-order valence-electron chi connectivity index (χ3n) is 2.88. The monoisotopic (exact) mass is 234 g/mol. The molecule has 1 atom stereocenters. The zero-order valence-corrected chi connectivity index (χ0v) is 9.80. The van der Waals surface area contributed by atoms with E-state index in [1.807, 2.05) is 24.3 Å². The maximum Gasteiger partial charge on any atom is 0.256 e. The quantitative estimate of drug-likeness (QED) is 0.828. The van der Waals surface area contributed by atoms with Crippen molar-refractivity contribution in [3.63, 3.8) is 0 Å². The Hall–Kier alpha value is -1.00.